The van der Waals surface area contributed by atoms with Gasteiger partial charge in [-0.25, -0.2) is 4.98 Å². The molecule has 0 radical (unpaired) electrons. The van der Waals surface area contributed by atoms with Gasteiger partial charge in [-0.05, 0) is 55.0 Å². The van der Waals surface area contributed by atoms with Gasteiger partial charge in [-0.1, -0.05) is 54.1 Å². The first kappa shape index (κ1) is 19.5. The standard InChI is InChI=1S/C24H23ClN2O2/c25-20-10-15-23(26-16-20)29-22-13-11-21(12-14-22)27-24(28)19-8-6-18(7-9-19)17-4-2-1-3-5-17/h1-10,15-16,21-22H,11-14H2,(H,27,28). The summed E-state index contributed by atoms with van der Waals surface area (Å²) in [6.07, 6.45) is 5.29. The number of aromatic nitrogens is 1. The Kier molecular flexibility index (Phi) is 6.11. The van der Waals surface area contributed by atoms with Crippen LogP contribution in [0.3, 0.4) is 0 Å². The lowest BCUT2D eigenvalue weighted by Crippen LogP contribution is -2.39. The highest BCUT2D eigenvalue weighted by molar-refractivity contribution is 6.30. The molecule has 1 amide bonds. The van der Waals surface area contributed by atoms with Gasteiger partial charge in [0.1, 0.15) is 6.10 Å². The average molecular weight is 407 g/mol. The van der Waals surface area contributed by atoms with Crippen molar-refractivity contribution in [1.82, 2.24) is 10.3 Å². The minimum atomic E-state index is -0.0200. The van der Waals surface area contributed by atoms with E-state index in [0.29, 0.717) is 16.5 Å². The quantitative estimate of drug-likeness (QED) is 0.606. The van der Waals surface area contributed by atoms with Gasteiger partial charge in [0.15, 0.2) is 0 Å². The maximum absolute atomic E-state index is 12.6. The lowest BCUT2D eigenvalue weighted by molar-refractivity contribution is 0.0890. The lowest BCUT2D eigenvalue weighted by atomic mass is 9.92. The van der Waals surface area contributed by atoms with E-state index in [1.807, 2.05) is 42.5 Å². The molecule has 1 fully saturated rings. The number of rotatable bonds is 5. The van der Waals surface area contributed by atoms with Crippen molar-refractivity contribution >= 4 is 17.5 Å². The van der Waals surface area contributed by atoms with Gasteiger partial charge in [-0.3, -0.25) is 4.79 Å². The van der Waals surface area contributed by atoms with Gasteiger partial charge in [0.05, 0.1) is 5.02 Å². The molecule has 2 aromatic carbocycles. The summed E-state index contributed by atoms with van der Waals surface area (Å²) < 4.78 is 5.92. The molecule has 4 nitrogen and oxygen atoms in total. The number of hydrogen-bond donors (Lipinski definition) is 1. The van der Waals surface area contributed by atoms with Crippen LogP contribution in [0.5, 0.6) is 5.88 Å². The van der Waals surface area contributed by atoms with Crippen LogP contribution in [-0.2, 0) is 0 Å². The number of amides is 1. The molecule has 1 heterocycles. The van der Waals surface area contributed by atoms with Crippen LogP contribution in [0.4, 0.5) is 0 Å². The molecule has 5 heteroatoms. The highest BCUT2D eigenvalue weighted by atomic mass is 35.5. The third-order valence-electron chi connectivity index (χ3n) is 5.25. The Morgan fingerprint density at radius 2 is 1.59 bits per heavy atom. The molecule has 1 aromatic heterocycles. The van der Waals surface area contributed by atoms with E-state index in [9.17, 15) is 4.79 Å². The van der Waals surface area contributed by atoms with Crippen molar-refractivity contribution in [1.29, 1.82) is 0 Å². The summed E-state index contributed by atoms with van der Waals surface area (Å²) in [5.74, 6) is 0.578. The first-order valence-corrected chi connectivity index (χ1v) is 10.3. The van der Waals surface area contributed by atoms with E-state index >= 15 is 0 Å². The summed E-state index contributed by atoms with van der Waals surface area (Å²) in [5, 5.41) is 3.76. The van der Waals surface area contributed by atoms with Gasteiger partial charge in [0.25, 0.3) is 5.91 Å². The first-order chi connectivity index (χ1) is 14.2. The van der Waals surface area contributed by atoms with E-state index < -0.39 is 0 Å². The number of carbonyl (C=O) groups is 1. The molecule has 0 saturated heterocycles. The number of nitrogens with one attached hydrogen (secondary N) is 1. The van der Waals surface area contributed by atoms with Crippen LogP contribution in [0.2, 0.25) is 5.02 Å². The number of hydrogen-bond acceptors (Lipinski definition) is 3. The molecule has 1 aliphatic rings. The smallest absolute Gasteiger partial charge is 0.251 e. The summed E-state index contributed by atoms with van der Waals surface area (Å²) in [6.45, 7) is 0. The van der Waals surface area contributed by atoms with E-state index in [1.165, 1.54) is 0 Å². The topological polar surface area (TPSA) is 51.2 Å². The van der Waals surface area contributed by atoms with E-state index in [4.69, 9.17) is 16.3 Å². The van der Waals surface area contributed by atoms with Crippen LogP contribution in [0.25, 0.3) is 11.1 Å². The van der Waals surface area contributed by atoms with Gasteiger partial charge in [0.2, 0.25) is 5.88 Å². The van der Waals surface area contributed by atoms with Gasteiger partial charge in [0, 0.05) is 23.9 Å². The summed E-state index contributed by atoms with van der Waals surface area (Å²) >= 11 is 5.85. The molecule has 0 aliphatic heterocycles. The number of benzene rings is 2. The fraction of sp³-hybridized carbons (Fsp3) is 0.250. The van der Waals surface area contributed by atoms with Gasteiger partial charge < -0.3 is 10.1 Å². The molecule has 4 rings (SSSR count). The molecule has 0 bridgehead atoms. The Balaban J connectivity index is 1.28. The lowest BCUT2D eigenvalue weighted by Gasteiger charge is -2.29. The normalized spacial score (nSPS) is 18.8. The van der Waals surface area contributed by atoms with Crippen LogP contribution in [0.1, 0.15) is 36.0 Å². The number of nitrogens with zero attached hydrogens (tertiary/aromatic N) is 1. The molecule has 0 spiro atoms. The molecule has 3 aromatic rings. The van der Waals surface area contributed by atoms with Crippen molar-refractivity contribution in [3.63, 3.8) is 0 Å². The minimum absolute atomic E-state index is 0.0200. The Morgan fingerprint density at radius 3 is 2.24 bits per heavy atom. The fourth-order valence-corrected chi connectivity index (χ4v) is 3.75. The Morgan fingerprint density at radius 1 is 0.897 bits per heavy atom. The van der Waals surface area contributed by atoms with Gasteiger partial charge in [-0.15, -0.1) is 0 Å². The highest BCUT2D eigenvalue weighted by Gasteiger charge is 2.24. The zero-order valence-corrected chi connectivity index (χ0v) is 16.8. The Labute approximate surface area is 175 Å². The summed E-state index contributed by atoms with van der Waals surface area (Å²) in [6, 6.07) is 21.7. The molecule has 29 heavy (non-hydrogen) atoms. The summed E-state index contributed by atoms with van der Waals surface area (Å²) in [7, 11) is 0. The summed E-state index contributed by atoms with van der Waals surface area (Å²) in [5.41, 5.74) is 2.94. The van der Waals surface area contributed by atoms with E-state index in [1.54, 1.807) is 18.3 Å². The molecule has 1 aliphatic carbocycles. The van der Waals surface area contributed by atoms with Crippen LogP contribution in [-0.4, -0.2) is 23.0 Å². The van der Waals surface area contributed by atoms with Crippen molar-refractivity contribution in [3.05, 3.63) is 83.5 Å². The second-order valence-electron chi connectivity index (χ2n) is 7.32. The zero-order valence-electron chi connectivity index (χ0n) is 16.1. The third kappa shape index (κ3) is 5.15. The van der Waals surface area contributed by atoms with Crippen molar-refractivity contribution in [2.75, 3.05) is 0 Å². The Bertz CT molecular complexity index is 935. The Hall–Kier alpha value is -2.85. The van der Waals surface area contributed by atoms with Crippen LogP contribution in [0.15, 0.2) is 72.9 Å². The first-order valence-electron chi connectivity index (χ1n) is 9.92. The number of ether oxygens (including phenoxy) is 1. The predicted molar refractivity (Wildman–Crippen MR) is 115 cm³/mol. The molecule has 1 saturated carbocycles. The molecule has 0 unspecified atom stereocenters. The maximum Gasteiger partial charge on any atom is 0.251 e. The molecular formula is C24H23ClN2O2. The molecule has 1 N–H and O–H groups in total. The number of pyridine rings is 1. The number of halogens is 1. The third-order valence-corrected chi connectivity index (χ3v) is 5.47. The van der Waals surface area contributed by atoms with E-state index in [2.05, 4.69) is 22.4 Å². The predicted octanol–water partition coefficient (Wildman–Crippen LogP) is 5.52. The van der Waals surface area contributed by atoms with E-state index in [-0.39, 0.29) is 18.1 Å². The largest absolute Gasteiger partial charge is 0.474 e. The minimum Gasteiger partial charge on any atom is -0.474 e. The highest BCUT2D eigenvalue weighted by Crippen LogP contribution is 2.24. The summed E-state index contributed by atoms with van der Waals surface area (Å²) in [4.78, 5) is 16.8. The second-order valence-corrected chi connectivity index (χ2v) is 7.76. The average Bonchev–Trinajstić information content (AvgIpc) is 2.77. The van der Waals surface area contributed by atoms with Crippen molar-refractivity contribution < 1.29 is 9.53 Å². The fourth-order valence-electron chi connectivity index (χ4n) is 3.64. The SMILES string of the molecule is O=C(NC1CCC(Oc2ccc(Cl)cn2)CC1)c1ccc(-c2ccccc2)cc1. The van der Waals surface area contributed by atoms with Crippen LogP contribution >= 0.6 is 11.6 Å². The van der Waals surface area contributed by atoms with E-state index in [0.717, 1.165) is 36.8 Å². The monoisotopic (exact) mass is 406 g/mol. The van der Waals surface area contributed by atoms with Gasteiger partial charge in [-0.2, -0.15) is 0 Å². The van der Waals surface area contributed by atoms with Crippen molar-refractivity contribution in [2.45, 2.75) is 37.8 Å². The molecule has 0 atom stereocenters. The van der Waals surface area contributed by atoms with Crippen LogP contribution in [0, 0.1) is 0 Å². The maximum atomic E-state index is 12.6. The zero-order chi connectivity index (χ0) is 20.1. The van der Waals surface area contributed by atoms with Gasteiger partial charge >= 0.3 is 0 Å². The molecule has 148 valence electrons. The van der Waals surface area contributed by atoms with Crippen molar-refractivity contribution in [3.8, 4) is 17.0 Å². The van der Waals surface area contributed by atoms with Crippen LogP contribution < -0.4 is 10.1 Å². The second kappa shape index (κ2) is 9.10. The molecular weight excluding hydrogens is 384 g/mol. The number of carbonyl (C=O) groups excluding carboxylic acids is 1. The van der Waals surface area contributed by atoms with Crippen molar-refractivity contribution in [2.24, 2.45) is 0 Å².